The van der Waals surface area contributed by atoms with Gasteiger partial charge >= 0.3 is 11.9 Å². The Balaban J connectivity index is 0.000000266. The van der Waals surface area contributed by atoms with Gasteiger partial charge in [0, 0.05) is 28.0 Å². The number of nitrogens with one attached hydrogen (secondary N) is 1. The third kappa shape index (κ3) is 4.35. The van der Waals surface area contributed by atoms with Gasteiger partial charge < -0.3 is 20.1 Å². The number of aryl methyl sites for hydroxylation is 1. The maximum atomic E-state index is 9.10. The molecule has 2 aromatic carbocycles. The molecule has 3 N–H and O–H groups in total. The molecule has 3 aromatic rings. The summed E-state index contributed by atoms with van der Waals surface area (Å²) in [5.74, 6) is -3.65. The lowest BCUT2D eigenvalue weighted by molar-refractivity contribution is -0.159. The Morgan fingerprint density at radius 3 is 2.29 bits per heavy atom. The van der Waals surface area contributed by atoms with E-state index in [4.69, 9.17) is 31.4 Å². The molecule has 0 saturated heterocycles. The van der Waals surface area contributed by atoms with Crippen molar-refractivity contribution in [3.8, 4) is 11.3 Å². The average Bonchev–Trinajstić information content (AvgIpc) is 3.16. The van der Waals surface area contributed by atoms with Crippen LogP contribution in [-0.4, -0.2) is 40.8 Å². The molecule has 0 aliphatic carbocycles. The van der Waals surface area contributed by atoms with Crippen LogP contribution in [0.25, 0.3) is 22.2 Å². The van der Waals surface area contributed by atoms with Crippen LogP contribution < -0.4 is 5.32 Å². The van der Waals surface area contributed by atoms with Crippen LogP contribution in [0.2, 0.25) is 5.02 Å². The monoisotopic (exact) mass is 402 g/mol. The topological polar surface area (TPSA) is 91.6 Å². The Bertz CT molecular complexity index is 999. The van der Waals surface area contributed by atoms with E-state index >= 15 is 0 Å². The molecule has 0 amide bonds. The number of hydrogen-bond acceptors (Lipinski definition) is 3. The first-order valence-corrected chi connectivity index (χ1v) is 9.17. The molecule has 7 heteroatoms. The van der Waals surface area contributed by atoms with E-state index in [1.165, 1.54) is 33.3 Å². The Kier molecular flexibility index (Phi) is 7.20. The van der Waals surface area contributed by atoms with Gasteiger partial charge in [0.15, 0.2) is 0 Å². The summed E-state index contributed by atoms with van der Waals surface area (Å²) in [5, 5.41) is 19.7. The number of benzene rings is 2. The number of aliphatic carboxylic acids is 2. The smallest absolute Gasteiger partial charge is 0.414 e. The van der Waals surface area contributed by atoms with Crippen LogP contribution in [0.4, 0.5) is 0 Å². The Morgan fingerprint density at radius 1 is 1.11 bits per heavy atom. The third-order valence-electron chi connectivity index (χ3n) is 4.27. The largest absolute Gasteiger partial charge is 0.473 e. The van der Waals surface area contributed by atoms with E-state index in [9.17, 15) is 0 Å². The van der Waals surface area contributed by atoms with Gasteiger partial charge in [0.25, 0.3) is 0 Å². The van der Waals surface area contributed by atoms with E-state index < -0.39 is 11.9 Å². The zero-order chi connectivity index (χ0) is 20.8. The summed E-state index contributed by atoms with van der Waals surface area (Å²) in [6, 6.07) is 14.9. The van der Waals surface area contributed by atoms with Gasteiger partial charge in [-0.15, -0.1) is 0 Å². The van der Waals surface area contributed by atoms with Crippen LogP contribution in [0.1, 0.15) is 18.1 Å². The maximum Gasteiger partial charge on any atom is 0.414 e. The van der Waals surface area contributed by atoms with Crippen molar-refractivity contribution in [3.63, 3.8) is 0 Å². The minimum Gasteiger partial charge on any atom is -0.473 e. The van der Waals surface area contributed by atoms with Crippen molar-refractivity contribution in [1.82, 2.24) is 9.88 Å². The number of carbonyl (C=O) groups is 2. The molecule has 4 rings (SSSR count). The predicted octanol–water partition coefficient (Wildman–Crippen LogP) is 3.88. The molecule has 6 nitrogen and oxygen atoms in total. The van der Waals surface area contributed by atoms with Crippen LogP contribution in [-0.2, 0) is 22.6 Å². The molecule has 0 fully saturated rings. The van der Waals surface area contributed by atoms with Crippen molar-refractivity contribution in [1.29, 1.82) is 0 Å². The van der Waals surface area contributed by atoms with Gasteiger partial charge in [0.1, 0.15) is 0 Å². The standard InChI is InChI=1S/C17H14ClN.C2H7N.C2H2O4/c1-2-13-15-9-12(18)7-8-16(15)19-10-11-5-3-4-6-14(11)17(13)19;1-3-2;3-1(4)2(5)6/h3-9H,2,10H2,1H3;3H,1-2H3;(H,3,4)(H,5,6). The van der Waals surface area contributed by atoms with Crippen LogP contribution in [0.15, 0.2) is 42.5 Å². The number of hydrogen-bond donors (Lipinski definition) is 3. The molecule has 148 valence electrons. The van der Waals surface area contributed by atoms with Crippen molar-refractivity contribution in [2.75, 3.05) is 14.1 Å². The third-order valence-corrected chi connectivity index (χ3v) is 4.50. The van der Waals surface area contributed by atoms with Gasteiger partial charge in [0.2, 0.25) is 0 Å². The highest BCUT2D eigenvalue weighted by molar-refractivity contribution is 6.31. The summed E-state index contributed by atoms with van der Waals surface area (Å²) in [7, 11) is 3.75. The zero-order valence-electron chi connectivity index (χ0n) is 16.0. The molecule has 0 radical (unpaired) electrons. The fourth-order valence-electron chi connectivity index (χ4n) is 3.29. The molecule has 0 bridgehead atoms. The SMILES string of the molecule is CCc1c2n(c3ccc(Cl)cc13)Cc1ccccc1-2.CNC.O=C(O)C(=O)O. The van der Waals surface area contributed by atoms with E-state index in [-0.39, 0.29) is 0 Å². The molecule has 0 atom stereocenters. The van der Waals surface area contributed by atoms with Crippen molar-refractivity contribution >= 4 is 34.4 Å². The van der Waals surface area contributed by atoms with Crippen molar-refractivity contribution in [2.24, 2.45) is 0 Å². The number of aromatic nitrogens is 1. The van der Waals surface area contributed by atoms with E-state index in [1.807, 2.05) is 20.2 Å². The fourth-order valence-corrected chi connectivity index (χ4v) is 3.46. The molecule has 1 aliphatic heterocycles. The summed E-state index contributed by atoms with van der Waals surface area (Å²) in [4.78, 5) is 18.2. The van der Waals surface area contributed by atoms with E-state index in [0.29, 0.717) is 0 Å². The van der Waals surface area contributed by atoms with Gasteiger partial charge in [-0.2, -0.15) is 0 Å². The summed E-state index contributed by atoms with van der Waals surface area (Å²) < 4.78 is 2.43. The Labute approximate surface area is 168 Å². The first-order chi connectivity index (χ1) is 13.3. The van der Waals surface area contributed by atoms with E-state index in [0.717, 1.165) is 18.0 Å². The molecule has 2 heterocycles. The number of fused-ring (bicyclic) bond motifs is 5. The summed E-state index contributed by atoms with van der Waals surface area (Å²) in [5.41, 5.74) is 6.90. The highest BCUT2D eigenvalue weighted by atomic mass is 35.5. The minimum absolute atomic E-state index is 0.819. The predicted molar refractivity (Wildman–Crippen MR) is 111 cm³/mol. The average molecular weight is 403 g/mol. The first kappa shape index (κ1) is 21.5. The maximum absolute atomic E-state index is 9.10. The molecule has 0 spiro atoms. The summed E-state index contributed by atoms with van der Waals surface area (Å²) in [6.07, 6.45) is 1.04. The second-order valence-electron chi connectivity index (χ2n) is 6.20. The number of carboxylic acids is 2. The summed E-state index contributed by atoms with van der Waals surface area (Å²) in [6.45, 7) is 3.20. The molecule has 1 aromatic heterocycles. The molecule has 0 unspecified atom stereocenters. The number of halogens is 1. The quantitative estimate of drug-likeness (QED) is 0.420. The van der Waals surface area contributed by atoms with Gasteiger partial charge in [-0.1, -0.05) is 42.8 Å². The number of carboxylic acid groups (broad SMARTS) is 2. The molecule has 1 aliphatic rings. The number of rotatable bonds is 1. The lowest BCUT2D eigenvalue weighted by Gasteiger charge is -2.02. The lowest BCUT2D eigenvalue weighted by atomic mass is 10.0. The molecular formula is C21H23ClN2O4. The van der Waals surface area contributed by atoms with E-state index in [2.05, 4.69) is 53.2 Å². The molecular weight excluding hydrogens is 380 g/mol. The van der Waals surface area contributed by atoms with E-state index in [1.54, 1.807) is 0 Å². The highest BCUT2D eigenvalue weighted by Gasteiger charge is 2.24. The zero-order valence-corrected chi connectivity index (χ0v) is 16.7. The van der Waals surface area contributed by atoms with Crippen LogP contribution >= 0.6 is 11.6 Å². The first-order valence-electron chi connectivity index (χ1n) is 8.79. The number of nitrogens with zero attached hydrogens (tertiary/aromatic N) is 1. The molecule has 28 heavy (non-hydrogen) atoms. The minimum atomic E-state index is -1.82. The van der Waals surface area contributed by atoms with Crippen LogP contribution in [0, 0.1) is 0 Å². The van der Waals surface area contributed by atoms with Crippen LogP contribution in [0.3, 0.4) is 0 Å². The normalized spacial score (nSPS) is 10.9. The lowest BCUT2D eigenvalue weighted by Crippen LogP contribution is -2.09. The fraction of sp³-hybridized carbons (Fsp3) is 0.238. The summed E-state index contributed by atoms with van der Waals surface area (Å²) >= 11 is 6.16. The van der Waals surface area contributed by atoms with Gasteiger partial charge in [-0.3, -0.25) is 0 Å². The Morgan fingerprint density at radius 2 is 1.71 bits per heavy atom. The van der Waals surface area contributed by atoms with Gasteiger partial charge in [-0.25, -0.2) is 9.59 Å². The molecule has 0 saturated carbocycles. The second-order valence-corrected chi connectivity index (χ2v) is 6.63. The van der Waals surface area contributed by atoms with Crippen molar-refractivity contribution in [3.05, 3.63) is 58.6 Å². The van der Waals surface area contributed by atoms with Crippen molar-refractivity contribution < 1.29 is 19.8 Å². The van der Waals surface area contributed by atoms with Crippen LogP contribution in [0.5, 0.6) is 0 Å². The van der Waals surface area contributed by atoms with Gasteiger partial charge in [-0.05, 0) is 49.8 Å². The van der Waals surface area contributed by atoms with Gasteiger partial charge in [0.05, 0.1) is 5.69 Å². The highest BCUT2D eigenvalue weighted by Crippen LogP contribution is 2.41. The Hall–Kier alpha value is -2.83. The second kappa shape index (κ2) is 9.39. The van der Waals surface area contributed by atoms with Crippen molar-refractivity contribution in [2.45, 2.75) is 19.9 Å².